The molecule has 9 aromatic rings. The molecule has 4 heteroatoms. The molecule has 2 heterocycles. The van der Waals surface area contributed by atoms with Gasteiger partial charge in [0.05, 0.1) is 11.4 Å². The molecule has 12 rings (SSSR count). The van der Waals surface area contributed by atoms with Crippen LogP contribution in [0, 0.1) is 6.92 Å². The maximum atomic E-state index is 2.68. The number of anilines is 9. The van der Waals surface area contributed by atoms with Crippen molar-refractivity contribution in [2.45, 2.75) is 104 Å². The Morgan fingerprint density at radius 3 is 1.45 bits per heavy atom. The summed E-state index contributed by atoms with van der Waals surface area (Å²) in [5, 5.41) is 0. The molecular formula is C70H68BN3. The Morgan fingerprint density at radius 1 is 0.405 bits per heavy atom. The number of aryl methyl sites for hydroxylation is 1. The molecule has 0 N–H and O–H groups in total. The normalized spacial score (nSPS) is 15.0. The van der Waals surface area contributed by atoms with Gasteiger partial charge in [0.1, 0.15) is 0 Å². The minimum Gasteiger partial charge on any atom is -0.311 e. The lowest BCUT2D eigenvalue weighted by Gasteiger charge is -2.46. The first-order chi connectivity index (χ1) is 35.4. The summed E-state index contributed by atoms with van der Waals surface area (Å²) in [6.07, 6.45) is 1.08. The summed E-state index contributed by atoms with van der Waals surface area (Å²) in [6, 6.07) is 75.9. The van der Waals surface area contributed by atoms with Crippen LogP contribution in [0.3, 0.4) is 0 Å². The van der Waals surface area contributed by atoms with Crippen LogP contribution in [0.2, 0.25) is 0 Å². The Hall–Kier alpha value is -7.56. The second-order valence-electron chi connectivity index (χ2n) is 24.6. The number of para-hydroxylation sites is 2. The second-order valence-corrected chi connectivity index (χ2v) is 24.6. The van der Waals surface area contributed by atoms with Gasteiger partial charge in [-0.2, -0.15) is 0 Å². The van der Waals surface area contributed by atoms with Gasteiger partial charge in [0.25, 0.3) is 6.71 Å². The van der Waals surface area contributed by atoms with Crippen LogP contribution < -0.4 is 31.1 Å². The van der Waals surface area contributed by atoms with Crippen LogP contribution in [-0.2, 0) is 21.7 Å². The molecule has 0 unspecified atom stereocenters. The number of rotatable bonds is 7. The van der Waals surface area contributed by atoms with E-state index in [0.717, 1.165) is 23.5 Å². The molecule has 1 aliphatic carbocycles. The van der Waals surface area contributed by atoms with Crippen LogP contribution in [0.5, 0.6) is 0 Å². The first-order valence-electron chi connectivity index (χ1n) is 26.8. The maximum absolute atomic E-state index is 2.68. The van der Waals surface area contributed by atoms with Crippen LogP contribution in [0.1, 0.15) is 103 Å². The number of hydrogen-bond donors (Lipinski definition) is 0. The lowest BCUT2D eigenvalue weighted by Crippen LogP contribution is -2.61. The molecule has 0 aromatic heterocycles. The highest BCUT2D eigenvalue weighted by atomic mass is 15.2. The fourth-order valence-electron chi connectivity index (χ4n) is 12.9. The highest BCUT2D eigenvalue weighted by Gasteiger charge is 2.49. The largest absolute Gasteiger partial charge is 0.311 e. The Kier molecular flexibility index (Phi) is 11.1. The first kappa shape index (κ1) is 47.4. The molecule has 3 nitrogen and oxygen atoms in total. The third kappa shape index (κ3) is 7.88. The van der Waals surface area contributed by atoms with E-state index in [9.17, 15) is 0 Å². The van der Waals surface area contributed by atoms with Crippen LogP contribution in [0.25, 0.3) is 22.3 Å². The molecule has 0 saturated heterocycles. The molecule has 3 aliphatic rings. The highest BCUT2D eigenvalue weighted by Crippen LogP contribution is 2.55. The quantitative estimate of drug-likeness (QED) is 0.147. The van der Waals surface area contributed by atoms with Crippen molar-refractivity contribution in [3.63, 3.8) is 0 Å². The van der Waals surface area contributed by atoms with Gasteiger partial charge in [0, 0.05) is 45.4 Å². The van der Waals surface area contributed by atoms with Crippen LogP contribution in [-0.4, -0.2) is 6.71 Å². The van der Waals surface area contributed by atoms with Crippen molar-refractivity contribution >= 4 is 74.3 Å². The third-order valence-electron chi connectivity index (χ3n) is 16.4. The second kappa shape index (κ2) is 17.3. The summed E-state index contributed by atoms with van der Waals surface area (Å²) in [5.74, 6) is 0. The van der Waals surface area contributed by atoms with E-state index >= 15 is 0 Å². The van der Waals surface area contributed by atoms with Crippen LogP contribution in [0.4, 0.5) is 51.2 Å². The van der Waals surface area contributed by atoms with Crippen LogP contribution >= 0.6 is 0 Å². The Bertz CT molecular complexity index is 3580. The van der Waals surface area contributed by atoms with Crippen molar-refractivity contribution in [2.24, 2.45) is 0 Å². The van der Waals surface area contributed by atoms with Gasteiger partial charge in [0.15, 0.2) is 0 Å². The van der Waals surface area contributed by atoms with Gasteiger partial charge in [-0.15, -0.1) is 0 Å². The summed E-state index contributed by atoms with van der Waals surface area (Å²) in [6.45, 7) is 26.0. The SMILES string of the molecule is Cc1cc(C(C)(C)C)ccc1N1c2cc(-c3ccccc3)ccc2B2c3cc4c(cc3N(c3ccc(C(C)(C)C)cc3-c3ccccc3)c3cc(N(c5ccccc5)c5ccccc5)cc1c32)C(C)(C)CC4(C)C. The zero-order chi connectivity index (χ0) is 51.5. The molecule has 2 aliphatic heterocycles. The standard InChI is InChI=1S/C70H68BN3/c1-46-38-50(67(2,3)4)33-36-60(46)73-62-39-49(47-24-16-12-17-25-47)32-35-58(62)71-59-43-56-57(70(10,11)45-69(56,8)9)44-63(59)74(61-37-34-51(68(5,6)7)40-55(61)48-26-18-13-19-27-48)65-42-54(41-64(73)66(65)71)72(52-28-20-14-21-29-52)53-30-22-15-23-31-53/h12-44H,45H2,1-11H3. The number of nitrogens with zero attached hydrogens (tertiary/aromatic N) is 3. The van der Waals surface area contributed by atoms with E-state index in [-0.39, 0.29) is 28.4 Å². The van der Waals surface area contributed by atoms with Crippen molar-refractivity contribution in [1.29, 1.82) is 0 Å². The molecule has 366 valence electrons. The zero-order valence-corrected chi connectivity index (χ0v) is 45.2. The molecule has 0 radical (unpaired) electrons. The molecule has 0 fully saturated rings. The molecule has 9 aromatic carbocycles. The van der Waals surface area contributed by atoms with Crippen molar-refractivity contribution in [1.82, 2.24) is 0 Å². The molecule has 0 amide bonds. The van der Waals surface area contributed by atoms with E-state index in [1.165, 1.54) is 101 Å². The molecule has 0 saturated carbocycles. The zero-order valence-electron chi connectivity index (χ0n) is 45.2. The maximum Gasteiger partial charge on any atom is 0.252 e. The molecule has 74 heavy (non-hydrogen) atoms. The van der Waals surface area contributed by atoms with Crippen molar-refractivity contribution < 1.29 is 0 Å². The summed E-state index contributed by atoms with van der Waals surface area (Å²) < 4.78 is 0. The number of fused-ring (bicyclic) bond motifs is 5. The summed E-state index contributed by atoms with van der Waals surface area (Å²) in [7, 11) is 0. The Labute approximate surface area is 441 Å². The minimum absolute atomic E-state index is 0.00626. The smallest absolute Gasteiger partial charge is 0.252 e. The molecule has 0 bridgehead atoms. The van der Waals surface area contributed by atoms with E-state index in [0.29, 0.717) is 0 Å². The fraction of sp³-hybridized carbons (Fsp3) is 0.229. The highest BCUT2D eigenvalue weighted by molar-refractivity contribution is 7.00. The van der Waals surface area contributed by atoms with Gasteiger partial charge in [0.2, 0.25) is 0 Å². The van der Waals surface area contributed by atoms with Crippen molar-refractivity contribution in [2.75, 3.05) is 14.7 Å². The van der Waals surface area contributed by atoms with Gasteiger partial charge >= 0.3 is 0 Å². The summed E-state index contributed by atoms with van der Waals surface area (Å²) >= 11 is 0. The topological polar surface area (TPSA) is 9.72 Å². The van der Waals surface area contributed by atoms with Gasteiger partial charge in [-0.25, -0.2) is 0 Å². The van der Waals surface area contributed by atoms with E-state index in [1.807, 2.05) is 0 Å². The van der Waals surface area contributed by atoms with E-state index in [2.05, 4.69) is 291 Å². The van der Waals surface area contributed by atoms with Gasteiger partial charge in [-0.3, -0.25) is 0 Å². The van der Waals surface area contributed by atoms with Gasteiger partial charge in [-0.1, -0.05) is 203 Å². The predicted molar refractivity (Wildman–Crippen MR) is 319 cm³/mol. The Balaban J connectivity index is 1.26. The average Bonchev–Trinajstić information content (AvgIpc) is 3.61. The number of hydrogen-bond acceptors (Lipinski definition) is 3. The molecule has 0 spiro atoms. The summed E-state index contributed by atoms with van der Waals surface area (Å²) in [4.78, 5) is 7.76. The van der Waals surface area contributed by atoms with Crippen molar-refractivity contribution in [3.8, 4) is 22.3 Å². The van der Waals surface area contributed by atoms with Gasteiger partial charge < -0.3 is 14.7 Å². The number of benzene rings is 9. The first-order valence-corrected chi connectivity index (χ1v) is 26.8. The lowest BCUT2D eigenvalue weighted by atomic mass is 9.33. The summed E-state index contributed by atoms with van der Waals surface area (Å²) in [5.41, 5.74) is 26.0. The van der Waals surface area contributed by atoms with E-state index in [1.54, 1.807) is 0 Å². The molecule has 0 atom stereocenters. The van der Waals surface area contributed by atoms with E-state index in [4.69, 9.17) is 0 Å². The Morgan fingerprint density at radius 2 is 0.892 bits per heavy atom. The third-order valence-corrected chi connectivity index (χ3v) is 16.4. The monoisotopic (exact) mass is 962 g/mol. The minimum atomic E-state index is -0.0636. The van der Waals surface area contributed by atoms with Crippen molar-refractivity contribution in [3.05, 3.63) is 228 Å². The fourth-order valence-corrected chi connectivity index (χ4v) is 12.9. The molecular weight excluding hydrogens is 894 g/mol. The van der Waals surface area contributed by atoms with Crippen LogP contribution in [0.15, 0.2) is 200 Å². The van der Waals surface area contributed by atoms with E-state index < -0.39 is 0 Å². The predicted octanol–water partition coefficient (Wildman–Crippen LogP) is 17.4. The van der Waals surface area contributed by atoms with Gasteiger partial charge in [-0.05, 0) is 163 Å². The lowest BCUT2D eigenvalue weighted by molar-refractivity contribution is 0.403. The average molecular weight is 962 g/mol.